The molecule has 1 fully saturated rings. The Morgan fingerprint density at radius 1 is 1.10 bits per heavy atom. The van der Waals surface area contributed by atoms with E-state index in [1.165, 1.54) is 35.4 Å². The molecule has 2 aliphatic heterocycles. The van der Waals surface area contributed by atoms with Crippen LogP contribution in [0.2, 0.25) is 0 Å². The quantitative estimate of drug-likeness (QED) is 0.210. The fourth-order valence-corrected chi connectivity index (χ4v) is 5.70. The van der Waals surface area contributed by atoms with E-state index in [1.807, 2.05) is 0 Å². The van der Waals surface area contributed by atoms with Crippen molar-refractivity contribution in [1.82, 2.24) is 21.3 Å². The first-order valence-electron chi connectivity index (χ1n) is 12.7. The number of fused-ring (bicyclic) bond motifs is 7. The van der Waals surface area contributed by atoms with Gasteiger partial charge in [-0.05, 0) is 53.5 Å². The highest BCUT2D eigenvalue weighted by molar-refractivity contribution is 8.76. The second-order valence-electron chi connectivity index (χ2n) is 10.7. The summed E-state index contributed by atoms with van der Waals surface area (Å²) in [5, 5.41) is 10.3. The van der Waals surface area contributed by atoms with Crippen LogP contribution in [0.4, 0.5) is 0 Å². The maximum Gasteiger partial charge on any atom is 0.326 e. The normalized spacial score (nSPS) is 25.8. The van der Waals surface area contributed by atoms with E-state index in [1.54, 1.807) is 32.9 Å². The van der Waals surface area contributed by atoms with Crippen molar-refractivity contribution >= 4 is 57.2 Å². The van der Waals surface area contributed by atoms with Crippen molar-refractivity contribution in [2.24, 2.45) is 0 Å². The van der Waals surface area contributed by atoms with Gasteiger partial charge in [-0.25, -0.2) is 0 Å². The fraction of sp³-hybridized carbons (Fsp3) is 0.680. The third-order valence-corrected chi connectivity index (χ3v) is 7.89. The lowest BCUT2D eigenvalue weighted by molar-refractivity contribution is -0.155. The second-order valence-corrected chi connectivity index (χ2v) is 13.3. The van der Waals surface area contributed by atoms with Gasteiger partial charge in [0.05, 0.1) is 6.42 Å². The number of nitrogens with one attached hydrogen (secondary N) is 4. The molecule has 12 nitrogen and oxygen atoms in total. The van der Waals surface area contributed by atoms with Crippen molar-refractivity contribution in [3.05, 3.63) is 12.2 Å². The molecule has 0 unspecified atom stereocenters. The number of hydrogen-bond acceptors (Lipinski definition) is 10. The molecular formula is C25H38N4O8S2. The number of allylic oxidation sites excluding steroid dienone is 1. The van der Waals surface area contributed by atoms with Crippen molar-refractivity contribution in [2.75, 3.05) is 18.1 Å². The first-order valence-corrected chi connectivity index (χ1v) is 15.2. The Labute approximate surface area is 236 Å². The van der Waals surface area contributed by atoms with Crippen molar-refractivity contribution in [2.45, 2.75) is 89.6 Å². The third kappa shape index (κ3) is 11.9. The summed E-state index contributed by atoms with van der Waals surface area (Å²) in [6, 6.07) is -2.22. The molecular weight excluding hydrogens is 548 g/mol. The lowest BCUT2D eigenvalue weighted by Crippen LogP contribution is -2.61. The molecule has 0 aromatic carbocycles. The average Bonchev–Trinajstić information content (AvgIpc) is 2.81. The summed E-state index contributed by atoms with van der Waals surface area (Å²) in [6.45, 7) is 7.63. The van der Waals surface area contributed by atoms with Crippen molar-refractivity contribution < 1.29 is 38.2 Å². The highest BCUT2D eigenvalue weighted by Gasteiger charge is 2.35. The summed E-state index contributed by atoms with van der Waals surface area (Å²) in [4.78, 5) is 77.0. The highest BCUT2D eigenvalue weighted by atomic mass is 33.1. The summed E-state index contributed by atoms with van der Waals surface area (Å²) < 4.78 is 10.7. The van der Waals surface area contributed by atoms with Gasteiger partial charge in [0, 0.05) is 17.9 Å². The van der Waals surface area contributed by atoms with E-state index < -0.39 is 71.4 Å². The van der Waals surface area contributed by atoms with Gasteiger partial charge >= 0.3 is 11.9 Å². The van der Waals surface area contributed by atoms with Crippen LogP contribution in [0.1, 0.15) is 60.3 Å². The minimum atomic E-state index is -1.41. The molecule has 0 aromatic heterocycles. The van der Waals surface area contributed by atoms with Gasteiger partial charge < -0.3 is 30.7 Å². The molecule has 39 heavy (non-hydrogen) atoms. The predicted octanol–water partition coefficient (Wildman–Crippen LogP) is 0.746. The van der Waals surface area contributed by atoms with Crippen LogP contribution in [0.25, 0.3) is 0 Å². The fourth-order valence-electron chi connectivity index (χ4n) is 3.54. The van der Waals surface area contributed by atoms with Gasteiger partial charge in [-0.2, -0.15) is 0 Å². The number of hydrogen-bond donors (Lipinski definition) is 4. The van der Waals surface area contributed by atoms with Crippen LogP contribution in [0.15, 0.2) is 12.2 Å². The first kappa shape index (κ1) is 32.5. The SMILES string of the molecule is CC(C)(C)OC(=O)CC[C@H]1NC(=O)C[C@H]2C=CCCSSC[C@@H](NC1=O)C(=O)NC(C)(C)C(=O)NCC(=O)O2. The van der Waals surface area contributed by atoms with Gasteiger partial charge in [-0.1, -0.05) is 27.7 Å². The van der Waals surface area contributed by atoms with E-state index in [4.69, 9.17) is 9.47 Å². The van der Waals surface area contributed by atoms with Crippen LogP contribution in [-0.2, 0) is 38.2 Å². The van der Waals surface area contributed by atoms with Crippen LogP contribution < -0.4 is 21.3 Å². The van der Waals surface area contributed by atoms with E-state index in [-0.39, 0.29) is 25.0 Å². The zero-order valence-corrected chi connectivity index (χ0v) is 24.6. The van der Waals surface area contributed by atoms with Crippen molar-refractivity contribution in [1.29, 1.82) is 0 Å². The van der Waals surface area contributed by atoms with Crippen LogP contribution in [-0.4, -0.2) is 82.9 Å². The molecule has 0 saturated carbocycles. The first-order chi connectivity index (χ1) is 18.2. The Hall–Kier alpha value is -2.74. The van der Waals surface area contributed by atoms with E-state index in [2.05, 4.69) is 21.3 Å². The molecule has 2 aliphatic rings. The number of carbonyl (C=O) groups is 6. The zero-order valence-electron chi connectivity index (χ0n) is 22.9. The summed E-state index contributed by atoms with van der Waals surface area (Å²) in [7, 11) is 2.85. The van der Waals surface area contributed by atoms with Gasteiger partial charge in [-0.15, -0.1) is 0 Å². The zero-order chi connectivity index (χ0) is 29.2. The largest absolute Gasteiger partial charge is 0.460 e. The van der Waals surface area contributed by atoms with Gasteiger partial charge in [0.2, 0.25) is 23.6 Å². The van der Waals surface area contributed by atoms with Gasteiger partial charge in [0.15, 0.2) is 0 Å². The molecule has 4 N–H and O–H groups in total. The number of esters is 2. The topological polar surface area (TPSA) is 169 Å². The smallest absolute Gasteiger partial charge is 0.326 e. The van der Waals surface area contributed by atoms with Gasteiger partial charge in [0.25, 0.3) is 0 Å². The van der Waals surface area contributed by atoms with E-state index in [0.29, 0.717) is 12.2 Å². The van der Waals surface area contributed by atoms with Crippen molar-refractivity contribution in [3.8, 4) is 0 Å². The second kappa shape index (κ2) is 14.6. The van der Waals surface area contributed by atoms with Crippen LogP contribution in [0.5, 0.6) is 0 Å². The Kier molecular flexibility index (Phi) is 12.1. The predicted molar refractivity (Wildman–Crippen MR) is 147 cm³/mol. The molecule has 0 spiro atoms. The highest BCUT2D eigenvalue weighted by Crippen LogP contribution is 2.24. The standard InChI is InChI=1S/C25H38N4O8S2/c1-24(2,3)37-19(31)10-9-16-21(33)28-17-14-39-38-11-7-6-8-15(12-18(30)27-16)36-20(32)13-26-23(35)25(4,5)29-22(17)34/h6,8,15-17H,7,9-14H2,1-5H3,(H,26,35)(H,27,30)(H,28,33)(H,29,34)/t15-,16-,17-/m1/s1. The summed E-state index contributed by atoms with van der Waals surface area (Å²) in [5.41, 5.74) is -2.14. The van der Waals surface area contributed by atoms with Crippen LogP contribution in [0.3, 0.4) is 0 Å². The molecule has 0 aromatic rings. The molecule has 2 bridgehead atoms. The minimum Gasteiger partial charge on any atom is -0.460 e. The Morgan fingerprint density at radius 2 is 1.82 bits per heavy atom. The van der Waals surface area contributed by atoms with E-state index in [0.717, 1.165) is 0 Å². The molecule has 3 atom stereocenters. The molecule has 1 saturated heterocycles. The Balaban J connectivity index is 2.41. The lowest BCUT2D eigenvalue weighted by Gasteiger charge is -2.29. The summed E-state index contributed by atoms with van der Waals surface area (Å²) in [5.74, 6) is -2.99. The monoisotopic (exact) mass is 586 g/mol. The summed E-state index contributed by atoms with van der Waals surface area (Å²) >= 11 is 0. The average molecular weight is 587 g/mol. The summed E-state index contributed by atoms with van der Waals surface area (Å²) in [6.07, 6.45) is 2.50. The number of amides is 4. The van der Waals surface area contributed by atoms with Crippen molar-refractivity contribution in [3.63, 3.8) is 0 Å². The third-order valence-electron chi connectivity index (χ3n) is 5.44. The maximum absolute atomic E-state index is 13.3. The van der Waals surface area contributed by atoms with Crippen LogP contribution >= 0.6 is 21.6 Å². The molecule has 14 heteroatoms. The Bertz CT molecular complexity index is 980. The van der Waals surface area contributed by atoms with E-state index in [9.17, 15) is 28.8 Å². The Morgan fingerprint density at radius 3 is 2.51 bits per heavy atom. The van der Waals surface area contributed by atoms with Gasteiger partial charge in [-0.3, -0.25) is 28.8 Å². The molecule has 0 aliphatic carbocycles. The van der Waals surface area contributed by atoms with Crippen LogP contribution in [0, 0.1) is 0 Å². The number of carbonyl (C=O) groups excluding carboxylic acids is 6. The lowest BCUT2D eigenvalue weighted by atomic mass is 10.0. The molecule has 218 valence electrons. The number of ether oxygens (including phenoxy) is 2. The molecule has 4 amide bonds. The molecule has 0 radical (unpaired) electrons. The maximum atomic E-state index is 13.3. The molecule has 2 rings (SSSR count). The van der Waals surface area contributed by atoms with E-state index >= 15 is 0 Å². The molecule has 2 heterocycles. The number of rotatable bonds is 3. The van der Waals surface area contributed by atoms with Gasteiger partial charge in [0.1, 0.15) is 35.9 Å². The minimum absolute atomic E-state index is 0.0864.